The van der Waals surface area contributed by atoms with Gasteiger partial charge in [0.2, 0.25) is 5.82 Å². The molecule has 0 aliphatic carbocycles. The van der Waals surface area contributed by atoms with Crippen LogP contribution < -0.4 is 14.8 Å². The van der Waals surface area contributed by atoms with Crippen molar-refractivity contribution in [2.75, 3.05) is 12.4 Å². The summed E-state index contributed by atoms with van der Waals surface area (Å²) in [7, 11) is 1.53. The smallest absolute Gasteiger partial charge is 0.373 e. The van der Waals surface area contributed by atoms with Gasteiger partial charge in [0.1, 0.15) is 17.8 Å². The minimum absolute atomic E-state index is 0.00365. The van der Waals surface area contributed by atoms with Crippen molar-refractivity contribution in [3.8, 4) is 17.4 Å². The Morgan fingerprint density at radius 3 is 2.67 bits per heavy atom. The summed E-state index contributed by atoms with van der Waals surface area (Å²) in [6, 6.07) is 11.9. The number of methoxy groups -OCH3 is 1. The summed E-state index contributed by atoms with van der Waals surface area (Å²) in [5.41, 5.74) is 0.970. The van der Waals surface area contributed by atoms with Gasteiger partial charge in [0.25, 0.3) is 0 Å². The number of aromatic nitrogens is 2. The van der Waals surface area contributed by atoms with Gasteiger partial charge in [0.05, 0.1) is 12.0 Å². The molecule has 0 aliphatic heterocycles. The van der Waals surface area contributed by atoms with Crippen LogP contribution in [-0.2, 0) is 0 Å². The van der Waals surface area contributed by atoms with E-state index in [1.165, 1.54) is 13.4 Å². The molecule has 3 aromatic rings. The summed E-state index contributed by atoms with van der Waals surface area (Å²) < 4.78 is 10.8. The molecule has 1 N–H and O–H groups in total. The monoisotopic (exact) mass is 386 g/mol. The predicted molar refractivity (Wildman–Crippen MR) is 101 cm³/mol. The number of ether oxygens (including phenoxy) is 2. The zero-order chi connectivity index (χ0) is 19.4. The van der Waals surface area contributed by atoms with E-state index in [9.17, 15) is 10.1 Å². The lowest BCUT2D eigenvalue weighted by molar-refractivity contribution is -0.385. The Morgan fingerprint density at radius 2 is 1.96 bits per heavy atom. The molecule has 1 heterocycles. The highest BCUT2D eigenvalue weighted by molar-refractivity contribution is 6.31. The molecule has 0 saturated carbocycles. The number of benzene rings is 2. The summed E-state index contributed by atoms with van der Waals surface area (Å²) in [6.45, 7) is 1.80. The Balaban J connectivity index is 1.96. The van der Waals surface area contributed by atoms with Gasteiger partial charge in [-0.3, -0.25) is 10.1 Å². The second-order valence-corrected chi connectivity index (χ2v) is 5.91. The van der Waals surface area contributed by atoms with Crippen molar-refractivity contribution in [2.24, 2.45) is 0 Å². The maximum absolute atomic E-state index is 11.6. The van der Waals surface area contributed by atoms with Gasteiger partial charge in [0.15, 0.2) is 0 Å². The molecule has 0 saturated heterocycles. The second-order valence-electron chi connectivity index (χ2n) is 5.50. The van der Waals surface area contributed by atoms with E-state index in [0.29, 0.717) is 22.2 Å². The predicted octanol–water partition coefficient (Wildman–Crippen LogP) is 4.89. The van der Waals surface area contributed by atoms with E-state index in [1.807, 2.05) is 0 Å². The minimum Gasteiger partial charge on any atom is -0.497 e. The normalized spacial score (nSPS) is 10.3. The third-order valence-corrected chi connectivity index (χ3v) is 4.07. The van der Waals surface area contributed by atoms with E-state index < -0.39 is 4.92 Å². The van der Waals surface area contributed by atoms with Crippen molar-refractivity contribution >= 4 is 28.8 Å². The third-order valence-electron chi connectivity index (χ3n) is 3.65. The number of nitrogens with one attached hydrogen (secondary N) is 1. The molecule has 27 heavy (non-hydrogen) atoms. The zero-order valence-electron chi connectivity index (χ0n) is 14.5. The van der Waals surface area contributed by atoms with Crippen LogP contribution in [0.2, 0.25) is 5.02 Å². The Kier molecular flexibility index (Phi) is 5.37. The summed E-state index contributed by atoms with van der Waals surface area (Å²) in [5, 5.41) is 15.1. The van der Waals surface area contributed by atoms with Crippen LogP contribution in [0, 0.1) is 17.0 Å². The van der Waals surface area contributed by atoms with Gasteiger partial charge in [-0.1, -0.05) is 17.7 Å². The van der Waals surface area contributed by atoms with Crippen molar-refractivity contribution in [2.45, 2.75) is 6.92 Å². The van der Waals surface area contributed by atoms with Crippen LogP contribution in [0.3, 0.4) is 0 Å². The average Bonchev–Trinajstić information content (AvgIpc) is 2.65. The molecule has 3 rings (SSSR count). The van der Waals surface area contributed by atoms with Gasteiger partial charge in [-0.2, -0.15) is 4.98 Å². The largest absolute Gasteiger partial charge is 0.497 e. The Bertz CT molecular complexity index is 997. The first-order valence-corrected chi connectivity index (χ1v) is 8.20. The second kappa shape index (κ2) is 7.88. The highest BCUT2D eigenvalue weighted by Gasteiger charge is 2.25. The molecule has 0 radical (unpaired) electrons. The summed E-state index contributed by atoms with van der Waals surface area (Å²) in [4.78, 5) is 18.9. The number of anilines is 2. The number of hydrogen-bond donors (Lipinski definition) is 1. The first-order valence-electron chi connectivity index (χ1n) is 7.82. The van der Waals surface area contributed by atoms with Crippen molar-refractivity contribution in [3.05, 3.63) is 69.5 Å². The fourth-order valence-electron chi connectivity index (χ4n) is 2.32. The number of hydrogen-bond acceptors (Lipinski definition) is 7. The maximum atomic E-state index is 11.6. The molecular formula is C18H15ClN4O4. The number of rotatable bonds is 6. The van der Waals surface area contributed by atoms with Crippen LogP contribution in [0.1, 0.15) is 5.56 Å². The van der Waals surface area contributed by atoms with E-state index in [1.54, 1.807) is 49.4 Å². The first kappa shape index (κ1) is 18.4. The van der Waals surface area contributed by atoms with Crippen LogP contribution in [0.5, 0.6) is 17.4 Å². The highest BCUT2D eigenvalue weighted by Crippen LogP contribution is 2.36. The lowest BCUT2D eigenvalue weighted by atomic mass is 10.2. The summed E-state index contributed by atoms with van der Waals surface area (Å²) >= 11 is 6.00. The highest BCUT2D eigenvalue weighted by atomic mass is 35.5. The van der Waals surface area contributed by atoms with Crippen molar-refractivity contribution in [1.29, 1.82) is 0 Å². The van der Waals surface area contributed by atoms with E-state index in [4.69, 9.17) is 21.1 Å². The molecule has 8 nitrogen and oxygen atoms in total. The van der Waals surface area contributed by atoms with Crippen molar-refractivity contribution < 1.29 is 14.4 Å². The van der Waals surface area contributed by atoms with Crippen LogP contribution in [0.15, 0.2) is 48.8 Å². The van der Waals surface area contributed by atoms with E-state index in [-0.39, 0.29) is 17.4 Å². The van der Waals surface area contributed by atoms with Gasteiger partial charge in [0, 0.05) is 16.8 Å². The van der Waals surface area contributed by atoms with Crippen molar-refractivity contribution in [3.63, 3.8) is 0 Å². The lowest BCUT2D eigenvalue weighted by Crippen LogP contribution is -2.03. The van der Waals surface area contributed by atoms with Crippen molar-refractivity contribution in [1.82, 2.24) is 9.97 Å². The molecule has 0 unspecified atom stereocenters. The van der Waals surface area contributed by atoms with Gasteiger partial charge >= 0.3 is 11.6 Å². The van der Waals surface area contributed by atoms with Gasteiger partial charge in [-0.25, -0.2) is 4.98 Å². The molecule has 9 heteroatoms. The maximum Gasteiger partial charge on any atom is 0.373 e. The molecule has 0 bridgehead atoms. The van der Waals surface area contributed by atoms with E-state index >= 15 is 0 Å². The van der Waals surface area contributed by atoms with Crippen LogP contribution in [-0.4, -0.2) is 22.0 Å². The molecule has 1 aromatic heterocycles. The van der Waals surface area contributed by atoms with E-state index in [0.717, 1.165) is 5.56 Å². The summed E-state index contributed by atoms with van der Waals surface area (Å²) in [5.74, 6) is 0.807. The Labute approximate surface area is 159 Å². The Morgan fingerprint density at radius 1 is 1.15 bits per heavy atom. The standard InChI is InChI=1S/C18H15ClN4O4/c1-11-8-14(6-7-15(11)19)27-18-16(23(24)25)17(20-10-21-18)22-12-4-3-5-13(9-12)26-2/h3-10H,1-2H3,(H,20,21,22). The number of aryl methyl sites for hydroxylation is 1. The molecular weight excluding hydrogens is 372 g/mol. The molecule has 0 atom stereocenters. The molecule has 138 valence electrons. The molecule has 0 amide bonds. The number of nitrogens with zero attached hydrogens (tertiary/aromatic N) is 3. The zero-order valence-corrected chi connectivity index (χ0v) is 15.2. The van der Waals surface area contributed by atoms with Crippen LogP contribution >= 0.6 is 11.6 Å². The molecule has 0 aliphatic rings. The topological polar surface area (TPSA) is 99.4 Å². The fourth-order valence-corrected chi connectivity index (χ4v) is 2.44. The number of nitro groups is 1. The number of halogens is 1. The van der Waals surface area contributed by atoms with Crippen LogP contribution in [0.25, 0.3) is 0 Å². The summed E-state index contributed by atoms with van der Waals surface area (Å²) in [6.07, 6.45) is 1.19. The van der Waals surface area contributed by atoms with E-state index in [2.05, 4.69) is 15.3 Å². The quantitative estimate of drug-likeness (QED) is 0.475. The van der Waals surface area contributed by atoms with Crippen LogP contribution in [0.4, 0.5) is 17.2 Å². The Hall–Kier alpha value is -3.39. The van der Waals surface area contributed by atoms with Gasteiger partial charge in [-0.05, 0) is 42.8 Å². The van der Waals surface area contributed by atoms with Gasteiger partial charge in [-0.15, -0.1) is 0 Å². The SMILES string of the molecule is COc1cccc(Nc2ncnc(Oc3ccc(Cl)c(C)c3)c2[N+](=O)[O-])c1. The minimum atomic E-state index is -0.597. The molecule has 0 spiro atoms. The molecule has 2 aromatic carbocycles. The lowest BCUT2D eigenvalue weighted by Gasteiger charge is -2.10. The third kappa shape index (κ3) is 4.24. The first-order chi connectivity index (χ1) is 13.0. The molecule has 0 fully saturated rings. The average molecular weight is 387 g/mol. The van der Waals surface area contributed by atoms with Gasteiger partial charge < -0.3 is 14.8 Å². The fraction of sp³-hybridized carbons (Fsp3) is 0.111.